The Balaban J connectivity index is 2.25. The Morgan fingerprint density at radius 3 is 2.76 bits per heavy atom. The van der Waals surface area contributed by atoms with Crippen molar-refractivity contribution < 1.29 is 4.74 Å². The third-order valence-corrected chi connectivity index (χ3v) is 2.98. The number of aliphatic imine (C=N–C) groups is 1. The molecule has 0 aliphatic carbocycles. The molecule has 0 radical (unpaired) electrons. The first-order chi connectivity index (χ1) is 8.17. The molecule has 0 saturated carbocycles. The van der Waals surface area contributed by atoms with Gasteiger partial charge < -0.3 is 15.4 Å². The van der Waals surface area contributed by atoms with Crippen LogP contribution in [0.1, 0.15) is 13.8 Å². The molecular formula is C13H19N3O. The van der Waals surface area contributed by atoms with Gasteiger partial charge in [-0.15, -0.1) is 0 Å². The number of para-hydroxylation sites is 1. The van der Waals surface area contributed by atoms with Crippen molar-refractivity contribution in [2.24, 2.45) is 10.7 Å². The first-order valence-corrected chi connectivity index (χ1v) is 5.90. The van der Waals surface area contributed by atoms with Crippen LogP contribution in [0, 0.1) is 0 Å². The van der Waals surface area contributed by atoms with Gasteiger partial charge in [-0.2, -0.15) is 0 Å². The van der Waals surface area contributed by atoms with Gasteiger partial charge in [0.15, 0.2) is 5.96 Å². The van der Waals surface area contributed by atoms with E-state index >= 15 is 0 Å². The molecule has 2 N–H and O–H groups in total. The Bertz CT molecular complexity index is 404. The number of nitrogens with zero attached hydrogens (tertiary/aromatic N) is 2. The van der Waals surface area contributed by atoms with Crippen molar-refractivity contribution in [3.8, 4) is 0 Å². The molecule has 1 atom stereocenters. The first-order valence-electron chi connectivity index (χ1n) is 5.90. The van der Waals surface area contributed by atoms with Gasteiger partial charge in [-0.3, -0.25) is 4.99 Å². The van der Waals surface area contributed by atoms with E-state index < -0.39 is 0 Å². The SMILES string of the molecule is CCOCC1(C)CN=C(N)N1c1ccccc1. The van der Waals surface area contributed by atoms with E-state index in [1.807, 2.05) is 37.3 Å². The molecular weight excluding hydrogens is 214 g/mol. The molecule has 1 aliphatic heterocycles. The average molecular weight is 233 g/mol. The molecule has 0 aromatic heterocycles. The van der Waals surface area contributed by atoms with Gasteiger partial charge in [0.25, 0.3) is 0 Å². The summed E-state index contributed by atoms with van der Waals surface area (Å²) in [5.74, 6) is 0.568. The number of ether oxygens (including phenoxy) is 1. The smallest absolute Gasteiger partial charge is 0.196 e. The maximum absolute atomic E-state index is 5.98. The zero-order valence-corrected chi connectivity index (χ0v) is 10.4. The van der Waals surface area contributed by atoms with Gasteiger partial charge in [-0.05, 0) is 26.0 Å². The third kappa shape index (κ3) is 2.26. The van der Waals surface area contributed by atoms with Gasteiger partial charge in [0.05, 0.1) is 18.7 Å². The van der Waals surface area contributed by atoms with E-state index in [-0.39, 0.29) is 5.54 Å². The van der Waals surface area contributed by atoms with Crippen LogP contribution in [-0.4, -0.2) is 31.3 Å². The van der Waals surface area contributed by atoms with Gasteiger partial charge in [0.1, 0.15) is 0 Å². The number of guanidine groups is 1. The standard InChI is InChI=1S/C13H19N3O/c1-3-17-10-13(2)9-15-12(14)16(13)11-7-5-4-6-8-11/h4-8H,3,9-10H2,1-2H3,(H2,14,15). The van der Waals surface area contributed by atoms with E-state index in [2.05, 4.69) is 16.8 Å². The highest BCUT2D eigenvalue weighted by Crippen LogP contribution is 2.28. The van der Waals surface area contributed by atoms with Gasteiger partial charge in [0.2, 0.25) is 0 Å². The lowest BCUT2D eigenvalue weighted by Crippen LogP contribution is -2.53. The second-order valence-corrected chi connectivity index (χ2v) is 4.48. The Morgan fingerprint density at radius 1 is 1.41 bits per heavy atom. The summed E-state index contributed by atoms with van der Waals surface area (Å²) < 4.78 is 5.55. The van der Waals surface area contributed by atoms with Crippen molar-refractivity contribution in [3.63, 3.8) is 0 Å². The van der Waals surface area contributed by atoms with Crippen LogP contribution in [0.5, 0.6) is 0 Å². The zero-order valence-electron chi connectivity index (χ0n) is 10.4. The van der Waals surface area contributed by atoms with Gasteiger partial charge in [-0.1, -0.05) is 18.2 Å². The molecule has 0 bridgehead atoms. The van der Waals surface area contributed by atoms with Crippen LogP contribution < -0.4 is 10.6 Å². The van der Waals surface area contributed by atoms with Crippen LogP contribution in [0.3, 0.4) is 0 Å². The Morgan fingerprint density at radius 2 is 2.12 bits per heavy atom. The van der Waals surface area contributed by atoms with Crippen molar-refractivity contribution in [2.75, 3.05) is 24.7 Å². The van der Waals surface area contributed by atoms with Crippen molar-refractivity contribution >= 4 is 11.6 Å². The minimum absolute atomic E-state index is 0.179. The van der Waals surface area contributed by atoms with Gasteiger partial charge in [-0.25, -0.2) is 0 Å². The predicted octanol–water partition coefficient (Wildman–Crippen LogP) is 1.62. The second-order valence-electron chi connectivity index (χ2n) is 4.48. The van der Waals surface area contributed by atoms with Crippen molar-refractivity contribution in [1.29, 1.82) is 0 Å². The quantitative estimate of drug-likeness (QED) is 0.859. The fourth-order valence-corrected chi connectivity index (χ4v) is 2.12. The average Bonchev–Trinajstić information content (AvgIpc) is 2.64. The number of anilines is 1. The Hall–Kier alpha value is -1.55. The fraction of sp³-hybridized carbons (Fsp3) is 0.462. The van der Waals surface area contributed by atoms with Gasteiger partial charge in [0, 0.05) is 12.3 Å². The zero-order chi connectivity index (χ0) is 12.3. The van der Waals surface area contributed by atoms with Crippen molar-refractivity contribution in [3.05, 3.63) is 30.3 Å². The molecule has 1 unspecified atom stereocenters. The minimum atomic E-state index is -0.179. The topological polar surface area (TPSA) is 50.9 Å². The molecule has 1 heterocycles. The Labute approximate surface area is 102 Å². The molecule has 4 heteroatoms. The number of hydrogen-bond acceptors (Lipinski definition) is 4. The summed E-state index contributed by atoms with van der Waals surface area (Å²) in [6, 6.07) is 10.1. The number of benzene rings is 1. The molecule has 17 heavy (non-hydrogen) atoms. The molecule has 0 amide bonds. The molecule has 2 rings (SSSR count). The highest BCUT2D eigenvalue weighted by Gasteiger charge is 2.39. The molecule has 1 aromatic carbocycles. The van der Waals surface area contributed by atoms with Crippen LogP contribution in [0.4, 0.5) is 5.69 Å². The van der Waals surface area contributed by atoms with Crippen LogP contribution in [0.25, 0.3) is 0 Å². The first kappa shape index (κ1) is 11.9. The lowest BCUT2D eigenvalue weighted by Gasteiger charge is -2.35. The van der Waals surface area contributed by atoms with Crippen molar-refractivity contribution in [1.82, 2.24) is 0 Å². The summed E-state index contributed by atoms with van der Waals surface area (Å²) in [6.45, 7) is 6.13. The summed E-state index contributed by atoms with van der Waals surface area (Å²) in [7, 11) is 0. The maximum Gasteiger partial charge on any atom is 0.196 e. The van der Waals surface area contributed by atoms with Crippen LogP contribution in [0.2, 0.25) is 0 Å². The maximum atomic E-state index is 5.98. The van der Waals surface area contributed by atoms with Crippen LogP contribution in [-0.2, 0) is 4.74 Å². The lowest BCUT2D eigenvalue weighted by atomic mass is 10.0. The molecule has 92 valence electrons. The van der Waals surface area contributed by atoms with E-state index in [0.717, 1.165) is 5.69 Å². The van der Waals surface area contributed by atoms with Crippen LogP contribution in [0.15, 0.2) is 35.3 Å². The van der Waals surface area contributed by atoms with E-state index in [0.29, 0.717) is 25.7 Å². The normalized spacial score (nSPS) is 23.9. The Kier molecular flexibility index (Phi) is 3.33. The summed E-state index contributed by atoms with van der Waals surface area (Å²) in [6.07, 6.45) is 0. The number of hydrogen-bond donors (Lipinski definition) is 1. The highest BCUT2D eigenvalue weighted by molar-refractivity contribution is 5.98. The van der Waals surface area contributed by atoms with E-state index in [1.54, 1.807) is 0 Å². The lowest BCUT2D eigenvalue weighted by molar-refractivity contribution is 0.108. The number of rotatable bonds is 4. The summed E-state index contributed by atoms with van der Waals surface area (Å²) >= 11 is 0. The summed E-state index contributed by atoms with van der Waals surface area (Å²) in [5, 5.41) is 0. The van der Waals surface area contributed by atoms with E-state index in [9.17, 15) is 0 Å². The summed E-state index contributed by atoms with van der Waals surface area (Å²) in [5.41, 5.74) is 6.86. The molecule has 0 fully saturated rings. The van der Waals surface area contributed by atoms with E-state index in [4.69, 9.17) is 10.5 Å². The molecule has 1 aliphatic rings. The highest BCUT2D eigenvalue weighted by atomic mass is 16.5. The predicted molar refractivity (Wildman–Crippen MR) is 70.3 cm³/mol. The molecule has 0 spiro atoms. The fourth-order valence-electron chi connectivity index (χ4n) is 2.12. The molecule has 1 aromatic rings. The molecule has 4 nitrogen and oxygen atoms in total. The van der Waals surface area contributed by atoms with Crippen LogP contribution >= 0.6 is 0 Å². The van der Waals surface area contributed by atoms with E-state index in [1.165, 1.54) is 0 Å². The molecule has 0 saturated heterocycles. The number of nitrogens with two attached hydrogens (primary N) is 1. The monoisotopic (exact) mass is 233 g/mol. The van der Waals surface area contributed by atoms with Gasteiger partial charge >= 0.3 is 0 Å². The largest absolute Gasteiger partial charge is 0.379 e. The minimum Gasteiger partial charge on any atom is -0.379 e. The second kappa shape index (κ2) is 4.75. The van der Waals surface area contributed by atoms with Crippen molar-refractivity contribution in [2.45, 2.75) is 19.4 Å². The summed E-state index contributed by atoms with van der Waals surface area (Å²) in [4.78, 5) is 6.40. The third-order valence-electron chi connectivity index (χ3n) is 2.98.